The SMILES string of the molecule is Cc1ccc(C2=C(C3CCC(=O)C3c3cc(Cl)ccc3Cl)CC(C)(C)CC2=O)c(C)c1. The van der Waals surface area contributed by atoms with Crippen molar-refractivity contribution >= 4 is 40.3 Å². The van der Waals surface area contributed by atoms with E-state index in [0.717, 1.165) is 40.7 Å². The number of ketones is 2. The summed E-state index contributed by atoms with van der Waals surface area (Å²) in [6.07, 6.45) is 2.55. The van der Waals surface area contributed by atoms with E-state index in [-0.39, 0.29) is 28.8 Å². The Morgan fingerprint density at radius 1 is 0.968 bits per heavy atom. The Morgan fingerprint density at radius 3 is 2.42 bits per heavy atom. The fourth-order valence-corrected chi connectivity index (χ4v) is 5.88. The normalized spacial score (nSPS) is 23.5. The predicted molar refractivity (Wildman–Crippen MR) is 128 cm³/mol. The molecule has 162 valence electrons. The van der Waals surface area contributed by atoms with Crippen molar-refractivity contribution in [2.75, 3.05) is 0 Å². The molecule has 31 heavy (non-hydrogen) atoms. The van der Waals surface area contributed by atoms with Gasteiger partial charge in [0.2, 0.25) is 0 Å². The highest BCUT2D eigenvalue weighted by molar-refractivity contribution is 6.34. The molecule has 2 aromatic rings. The Labute approximate surface area is 194 Å². The standard InChI is InChI=1S/C27H28Cl2O2/c1-15-5-7-18(16(2)11-15)25-21(13-27(3,4)14-24(25)31)19-8-10-23(30)26(19)20-12-17(28)6-9-22(20)29/h5-7,9,11-12,19,26H,8,10,13-14H2,1-4H3. The second-order valence-corrected chi connectivity index (χ2v) is 10.8. The van der Waals surface area contributed by atoms with Gasteiger partial charge in [0.05, 0.1) is 5.92 Å². The summed E-state index contributed by atoms with van der Waals surface area (Å²) >= 11 is 12.8. The Balaban J connectivity index is 1.92. The predicted octanol–water partition coefficient (Wildman–Crippen LogP) is 7.52. The van der Waals surface area contributed by atoms with E-state index in [0.29, 0.717) is 22.9 Å². The van der Waals surface area contributed by atoms with E-state index in [2.05, 4.69) is 45.9 Å². The zero-order chi connectivity index (χ0) is 22.5. The Bertz CT molecular complexity index is 1110. The van der Waals surface area contributed by atoms with Gasteiger partial charge < -0.3 is 0 Å². The zero-order valence-corrected chi connectivity index (χ0v) is 20.0. The molecule has 4 rings (SSSR count). The van der Waals surface area contributed by atoms with Crippen LogP contribution in [0.15, 0.2) is 42.0 Å². The minimum atomic E-state index is -0.358. The summed E-state index contributed by atoms with van der Waals surface area (Å²) < 4.78 is 0. The molecule has 0 aromatic heterocycles. The van der Waals surface area contributed by atoms with Crippen LogP contribution in [-0.4, -0.2) is 11.6 Å². The van der Waals surface area contributed by atoms with Gasteiger partial charge in [-0.05, 0) is 72.9 Å². The molecule has 2 atom stereocenters. The van der Waals surface area contributed by atoms with Crippen molar-refractivity contribution in [2.45, 2.75) is 59.3 Å². The van der Waals surface area contributed by atoms with Crippen molar-refractivity contribution in [3.63, 3.8) is 0 Å². The van der Waals surface area contributed by atoms with Crippen LogP contribution in [0, 0.1) is 25.2 Å². The van der Waals surface area contributed by atoms with Gasteiger partial charge in [-0.2, -0.15) is 0 Å². The number of carbonyl (C=O) groups is 2. The number of benzene rings is 2. The van der Waals surface area contributed by atoms with Crippen LogP contribution < -0.4 is 0 Å². The molecule has 0 spiro atoms. The van der Waals surface area contributed by atoms with Crippen molar-refractivity contribution in [3.05, 3.63) is 74.3 Å². The summed E-state index contributed by atoms with van der Waals surface area (Å²) in [4.78, 5) is 26.6. The highest BCUT2D eigenvalue weighted by Gasteiger charge is 2.44. The monoisotopic (exact) mass is 454 g/mol. The molecule has 1 saturated carbocycles. The largest absolute Gasteiger partial charge is 0.299 e. The molecule has 0 N–H and O–H groups in total. The van der Waals surface area contributed by atoms with E-state index >= 15 is 0 Å². The molecule has 4 heteroatoms. The van der Waals surface area contributed by atoms with Crippen molar-refractivity contribution < 1.29 is 9.59 Å². The number of allylic oxidation sites excluding steroid dienone is 2. The Hall–Kier alpha value is -1.90. The average Bonchev–Trinajstić information content (AvgIpc) is 3.05. The summed E-state index contributed by atoms with van der Waals surface area (Å²) in [6, 6.07) is 11.6. The van der Waals surface area contributed by atoms with Crippen LogP contribution in [0.4, 0.5) is 0 Å². The molecule has 2 aliphatic carbocycles. The van der Waals surface area contributed by atoms with E-state index in [9.17, 15) is 9.59 Å². The van der Waals surface area contributed by atoms with Gasteiger partial charge in [0.15, 0.2) is 5.78 Å². The van der Waals surface area contributed by atoms with Gasteiger partial charge >= 0.3 is 0 Å². The molecule has 2 unspecified atom stereocenters. The lowest BCUT2D eigenvalue weighted by atomic mass is 9.66. The fourth-order valence-electron chi connectivity index (χ4n) is 5.47. The second kappa shape index (κ2) is 8.22. The minimum absolute atomic E-state index is 0.0392. The summed E-state index contributed by atoms with van der Waals surface area (Å²) in [7, 11) is 0. The van der Waals surface area contributed by atoms with Gasteiger partial charge in [0.25, 0.3) is 0 Å². The van der Waals surface area contributed by atoms with Crippen LogP contribution in [0.1, 0.15) is 67.7 Å². The number of hydrogen-bond donors (Lipinski definition) is 0. The maximum absolute atomic E-state index is 13.5. The van der Waals surface area contributed by atoms with E-state index in [1.807, 2.05) is 6.07 Å². The van der Waals surface area contributed by atoms with E-state index in [4.69, 9.17) is 23.2 Å². The maximum Gasteiger partial charge on any atom is 0.163 e. The summed E-state index contributed by atoms with van der Waals surface area (Å²) in [6.45, 7) is 8.40. The molecule has 0 amide bonds. The summed E-state index contributed by atoms with van der Waals surface area (Å²) in [5, 5.41) is 1.13. The van der Waals surface area contributed by atoms with Crippen molar-refractivity contribution in [1.82, 2.24) is 0 Å². The molecule has 0 heterocycles. The van der Waals surface area contributed by atoms with Crippen molar-refractivity contribution in [3.8, 4) is 0 Å². The molecule has 0 bridgehead atoms. The third-order valence-electron chi connectivity index (χ3n) is 6.75. The second-order valence-electron chi connectivity index (χ2n) is 9.91. The first-order valence-electron chi connectivity index (χ1n) is 10.9. The number of hydrogen-bond acceptors (Lipinski definition) is 2. The van der Waals surface area contributed by atoms with Crippen LogP contribution in [0.5, 0.6) is 0 Å². The summed E-state index contributed by atoms with van der Waals surface area (Å²) in [5.74, 6) is -0.0442. The lowest BCUT2D eigenvalue weighted by Crippen LogP contribution is -2.29. The molecular weight excluding hydrogens is 427 g/mol. The molecule has 2 nitrogen and oxygen atoms in total. The molecule has 0 saturated heterocycles. The fraction of sp³-hybridized carbons (Fsp3) is 0.407. The highest BCUT2D eigenvalue weighted by Crippen LogP contribution is 2.52. The maximum atomic E-state index is 13.5. The molecule has 1 fully saturated rings. The molecule has 0 radical (unpaired) electrons. The highest BCUT2D eigenvalue weighted by atomic mass is 35.5. The third-order valence-corrected chi connectivity index (χ3v) is 7.33. The summed E-state index contributed by atoms with van der Waals surface area (Å²) in [5.41, 5.74) is 5.85. The third kappa shape index (κ3) is 4.25. The van der Waals surface area contributed by atoms with Crippen molar-refractivity contribution in [1.29, 1.82) is 0 Å². The molecule has 0 aliphatic heterocycles. The van der Waals surface area contributed by atoms with Crippen LogP contribution in [0.25, 0.3) is 5.57 Å². The van der Waals surface area contributed by atoms with Gasteiger partial charge in [-0.25, -0.2) is 0 Å². The minimum Gasteiger partial charge on any atom is -0.299 e. The zero-order valence-electron chi connectivity index (χ0n) is 18.5. The molecular formula is C27H28Cl2O2. The van der Waals surface area contributed by atoms with Gasteiger partial charge in [0.1, 0.15) is 5.78 Å². The van der Waals surface area contributed by atoms with E-state index in [1.54, 1.807) is 12.1 Å². The number of rotatable bonds is 3. The molecule has 2 aromatic carbocycles. The lowest BCUT2D eigenvalue weighted by molar-refractivity contribution is -0.119. The average molecular weight is 455 g/mol. The number of carbonyl (C=O) groups excluding carboxylic acids is 2. The van der Waals surface area contributed by atoms with Crippen LogP contribution in [0.2, 0.25) is 10.0 Å². The Kier molecular flexibility index (Phi) is 5.91. The van der Waals surface area contributed by atoms with Crippen molar-refractivity contribution in [2.24, 2.45) is 11.3 Å². The number of Topliss-reactive ketones (excluding diaryl/α,β-unsaturated/α-hetero) is 2. The topological polar surface area (TPSA) is 34.1 Å². The number of aryl methyl sites for hydroxylation is 2. The number of halogens is 2. The first-order chi connectivity index (χ1) is 14.6. The van der Waals surface area contributed by atoms with E-state index in [1.165, 1.54) is 5.56 Å². The van der Waals surface area contributed by atoms with Gasteiger partial charge in [0, 0.05) is 28.5 Å². The van der Waals surface area contributed by atoms with E-state index < -0.39 is 0 Å². The Morgan fingerprint density at radius 2 is 1.71 bits per heavy atom. The van der Waals surface area contributed by atoms with Crippen LogP contribution in [-0.2, 0) is 9.59 Å². The molecule has 2 aliphatic rings. The van der Waals surface area contributed by atoms with Gasteiger partial charge in [-0.15, -0.1) is 0 Å². The lowest BCUT2D eigenvalue weighted by Gasteiger charge is -2.37. The first-order valence-corrected chi connectivity index (χ1v) is 11.6. The van der Waals surface area contributed by atoms with Gasteiger partial charge in [-0.1, -0.05) is 66.4 Å². The van der Waals surface area contributed by atoms with Gasteiger partial charge in [-0.3, -0.25) is 9.59 Å². The van der Waals surface area contributed by atoms with Crippen LogP contribution in [0.3, 0.4) is 0 Å². The first kappa shape index (κ1) is 22.3. The van der Waals surface area contributed by atoms with Crippen LogP contribution >= 0.6 is 23.2 Å². The quantitative estimate of drug-likeness (QED) is 0.480. The smallest absolute Gasteiger partial charge is 0.163 e.